The Morgan fingerprint density at radius 2 is 2.23 bits per heavy atom. The monoisotopic (exact) mass is 412 g/mol. The van der Waals surface area contributed by atoms with Gasteiger partial charge in [0.15, 0.2) is 5.11 Å². The minimum absolute atomic E-state index is 0.296. The molecule has 0 saturated carbocycles. The van der Waals surface area contributed by atoms with Crippen molar-refractivity contribution in [3.8, 4) is 0 Å². The molecule has 0 unspecified atom stereocenters. The van der Waals surface area contributed by atoms with Crippen molar-refractivity contribution >= 4 is 52.3 Å². The van der Waals surface area contributed by atoms with E-state index >= 15 is 0 Å². The molecule has 0 aliphatic carbocycles. The predicted octanol–water partition coefficient (Wildman–Crippen LogP) is 4.72. The van der Waals surface area contributed by atoms with Crippen molar-refractivity contribution in [3.63, 3.8) is 0 Å². The molecule has 2 N–H and O–H groups in total. The van der Waals surface area contributed by atoms with Crippen molar-refractivity contribution in [1.82, 2.24) is 5.32 Å². The summed E-state index contributed by atoms with van der Waals surface area (Å²) < 4.78 is 10.3. The Balaban J connectivity index is 1.70. The molecule has 0 atom stereocenters. The summed E-state index contributed by atoms with van der Waals surface area (Å²) in [6.45, 7) is 2.81. The largest absolute Gasteiger partial charge is 0.468 e. The standard InChI is InChI=1S/C18H21ClN2O3S2/c1-2-23-17(22)15-11-13(6-7-16(15)19)21-18(25)20-8-4-10-26-12-14-5-3-9-24-14/h3,5-7,9,11H,2,4,8,10,12H2,1H3,(H2,20,21,25). The molecule has 0 spiro atoms. The van der Waals surface area contributed by atoms with Gasteiger partial charge in [-0.25, -0.2) is 4.79 Å². The number of thioether (sulfide) groups is 1. The Bertz CT molecular complexity index is 723. The van der Waals surface area contributed by atoms with Gasteiger partial charge < -0.3 is 19.8 Å². The number of furan rings is 1. The van der Waals surface area contributed by atoms with E-state index in [2.05, 4.69) is 10.6 Å². The molecule has 140 valence electrons. The molecule has 0 aliphatic rings. The van der Waals surface area contributed by atoms with E-state index in [1.165, 1.54) is 0 Å². The van der Waals surface area contributed by atoms with E-state index in [-0.39, 0.29) is 0 Å². The summed E-state index contributed by atoms with van der Waals surface area (Å²) in [7, 11) is 0. The van der Waals surface area contributed by atoms with Crippen LogP contribution in [0.1, 0.15) is 29.5 Å². The first-order valence-corrected chi connectivity index (χ1v) is 10.2. The molecule has 0 saturated heterocycles. The number of ether oxygens (including phenoxy) is 1. The summed E-state index contributed by atoms with van der Waals surface area (Å²) in [5.41, 5.74) is 0.998. The number of carbonyl (C=O) groups excluding carboxylic acids is 1. The molecule has 0 aliphatic heterocycles. The van der Waals surface area contributed by atoms with Gasteiger partial charge in [-0.3, -0.25) is 0 Å². The molecule has 8 heteroatoms. The van der Waals surface area contributed by atoms with Gasteiger partial charge in [0.25, 0.3) is 0 Å². The molecule has 1 aromatic heterocycles. The number of benzene rings is 1. The third kappa shape index (κ3) is 6.90. The van der Waals surface area contributed by atoms with Crippen molar-refractivity contribution in [2.24, 2.45) is 0 Å². The summed E-state index contributed by atoms with van der Waals surface area (Å²) in [4.78, 5) is 11.9. The van der Waals surface area contributed by atoms with Crippen molar-refractivity contribution in [1.29, 1.82) is 0 Å². The number of anilines is 1. The first-order valence-electron chi connectivity index (χ1n) is 8.21. The molecule has 0 fully saturated rings. The molecular formula is C18H21ClN2O3S2. The van der Waals surface area contributed by atoms with E-state index in [0.717, 1.165) is 30.2 Å². The summed E-state index contributed by atoms with van der Waals surface area (Å²) in [5, 5.41) is 7.05. The maximum absolute atomic E-state index is 11.9. The quantitative estimate of drug-likeness (QED) is 0.351. The number of rotatable bonds is 9. The van der Waals surface area contributed by atoms with Crippen LogP contribution in [0.15, 0.2) is 41.0 Å². The lowest BCUT2D eigenvalue weighted by molar-refractivity contribution is 0.0526. The van der Waals surface area contributed by atoms with Crippen molar-refractivity contribution in [2.45, 2.75) is 19.1 Å². The van der Waals surface area contributed by atoms with E-state index in [4.69, 9.17) is 33.0 Å². The van der Waals surface area contributed by atoms with E-state index in [9.17, 15) is 4.79 Å². The molecule has 26 heavy (non-hydrogen) atoms. The Morgan fingerprint density at radius 3 is 2.96 bits per heavy atom. The second-order valence-corrected chi connectivity index (χ2v) is 7.20. The number of hydrogen-bond acceptors (Lipinski definition) is 5. The fourth-order valence-corrected chi connectivity index (χ4v) is 3.36. The third-order valence-corrected chi connectivity index (χ3v) is 4.94. The predicted molar refractivity (Wildman–Crippen MR) is 111 cm³/mol. The van der Waals surface area contributed by atoms with E-state index in [1.807, 2.05) is 23.9 Å². The zero-order chi connectivity index (χ0) is 18.8. The second kappa shape index (κ2) is 11.1. The molecule has 0 amide bonds. The molecule has 2 aromatic rings. The molecule has 1 aromatic carbocycles. The van der Waals surface area contributed by atoms with Crippen LogP contribution in [0.5, 0.6) is 0 Å². The van der Waals surface area contributed by atoms with Crippen molar-refractivity contribution in [2.75, 3.05) is 24.2 Å². The number of carbonyl (C=O) groups is 1. The zero-order valence-corrected chi connectivity index (χ0v) is 16.8. The fourth-order valence-electron chi connectivity index (χ4n) is 2.09. The number of hydrogen-bond donors (Lipinski definition) is 2. The third-order valence-electron chi connectivity index (χ3n) is 3.30. The van der Waals surface area contributed by atoms with Gasteiger partial charge >= 0.3 is 5.97 Å². The van der Waals surface area contributed by atoms with Gasteiger partial charge in [-0.05, 0) is 61.6 Å². The normalized spacial score (nSPS) is 10.4. The SMILES string of the molecule is CCOC(=O)c1cc(NC(=S)NCCCSCc2ccco2)ccc1Cl. The van der Waals surface area contributed by atoms with Gasteiger partial charge in [-0.1, -0.05) is 11.6 Å². The average Bonchev–Trinajstić information content (AvgIpc) is 3.13. The summed E-state index contributed by atoms with van der Waals surface area (Å²) in [6, 6.07) is 8.91. The van der Waals surface area contributed by atoms with Crippen LogP contribution in [0.3, 0.4) is 0 Å². The van der Waals surface area contributed by atoms with Gasteiger partial charge in [-0.2, -0.15) is 11.8 Å². The Kier molecular flexibility index (Phi) is 8.80. The van der Waals surface area contributed by atoms with Crippen LogP contribution in [0.2, 0.25) is 5.02 Å². The molecular weight excluding hydrogens is 392 g/mol. The molecule has 2 rings (SSSR count). The second-order valence-electron chi connectivity index (χ2n) is 5.28. The Morgan fingerprint density at radius 1 is 1.38 bits per heavy atom. The highest BCUT2D eigenvalue weighted by Crippen LogP contribution is 2.21. The molecule has 0 radical (unpaired) electrons. The lowest BCUT2D eigenvalue weighted by Crippen LogP contribution is -2.29. The maximum Gasteiger partial charge on any atom is 0.339 e. The van der Waals surface area contributed by atoms with Crippen LogP contribution < -0.4 is 10.6 Å². The smallest absolute Gasteiger partial charge is 0.339 e. The van der Waals surface area contributed by atoms with Gasteiger partial charge in [0, 0.05) is 12.2 Å². The van der Waals surface area contributed by atoms with Crippen molar-refractivity contribution < 1.29 is 13.9 Å². The fraction of sp³-hybridized carbons (Fsp3) is 0.333. The molecule has 1 heterocycles. The van der Waals surface area contributed by atoms with Gasteiger partial charge in [0.1, 0.15) is 5.76 Å². The van der Waals surface area contributed by atoms with E-state index in [1.54, 1.807) is 31.4 Å². The van der Waals surface area contributed by atoms with Crippen LogP contribution in [0, 0.1) is 0 Å². The first kappa shape index (κ1) is 20.6. The van der Waals surface area contributed by atoms with Crippen LogP contribution in [-0.4, -0.2) is 30.0 Å². The topological polar surface area (TPSA) is 63.5 Å². The van der Waals surface area contributed by atoms with E-state index in [0.29, 0.717) is 28.0 Å². The minimum atomic E-state index is -0.450. The Labute approximate surface area is 167 Å². The van der Waals surface area contributed by atoms with Gasteiger partial charge in [0.2, 0.25) is 0 Å². The first-order chi connectivity index (χ1) is 12.6. The number of esters is 1. The molecule has 5 nitrogen and oxygen atoms in total. The highest BCUT2D eigenvalue weighted by Gasteiger charge is 2.12. The van der Waals surface area contributed by atoms with Crippen LogP contribution in [0.4, 0.5) is 5.69 Å². The van der Waals surface area contributed by atoms with Crippen LogP contribution in [-0.2, 0) is 10.5 Å². The van der Waals surface area contributed by atoms with Crippen molar-refractivity contribution in [3.05, 3.63) is 52.9 Å². The lowest BCUT2D eigenvalue weighted by Gasteiger charge is -2.12. The average molecular weight is 413 g/mol. The van der Waals surface area contributed by atoms with Gasteiger partial charge in [0.05, 0.1) is 29.2 Å². The summed E-state index contributed by atoms with van der Waals surface area (Å²) in [5.74, 6) is 2.41. The van der Waals surface area contributed by atoms with Crippen LogP contribution >= 0.6 is 35.6 Å². The van der Waals surface area contributed by atoms with E-state index < -0.39 is 5.97 Å². The summed E-state index contributed by atoms with van der Waals surface area (Å²) >= 11 is 13.1. The van der Waals surface area contributed by atoms with Crippen LogP contribution in [0.25, 0.3) is 0 Å². The number of thiocarbonyl (C=S) groups is 1. The lowest BCUT2D eigenvalue weighted by atomic mass is 10.2. The van der Waals surface area contributed by atoms with Gasteiger partial charge in [-0.15, -0.1) is 0 Å². The number of nitrogens with one attached hydrogen (secondary N) is 2. The maximum atomic E-state index is 11.9. The highest BCUT2D eigenvalue weighted by atomic mass is 35.5. The minimum Gasteiger partial charge on any atom is -0.468 e. The Hall–Kier alpha value is -1.70. The zero-order valence-electron chi connectivity index (χ0n) is 14.4. The highest BCUT2D eigenvalue weighted by molar-refractivity contribution is 7.98. The number of halogens is 1. The summed E-state index contributed by atoms with van der Waals surface area (Å²) in [6.07, 6.45) is 2.66. The molecule has 0 bridgehead atoms.